The first-order chi connectivity index (χ1) is 6.75. The molecule has 2 rings (SSSR count). The van der Waals surface area contributed by atoms with Gasteiger partial charge in [-0.25, -0.2) is 0 Å². The minimum Gasteiger partial charge on any atom is -0.347 e. The molecule has 2 atom stereocenters. The van der Waals surface area contributed by atoms with Crippen LogP contribution in [0.3, 0.4) is 0 Å². The lowest BCUT2D eigenvalue weighted by Crippen LogP contribution is -2.13. The van der Waals surface area contributed by atoms with Crippen LogP contribution in [-0.4, -0.2) is 18.5 Å². The van der Waals surface area contributed by atoms with Gasteiger partial charge in [0.1, 0.15) is 0 Å². The van der Waals surface area contributed by atoms with Gasteiger partial charge in [0.05, 0.1) is 12.2 Å². The van der Waals surface area contributed by atoms with E-state index in [4.69, 9.17) is 9.47 Å². The van der Waals surface area contributed by atoms with E-state index in [0.717, 1.165) is 6.42 Å². The summed E-state index contributed by atoms with van der Waals surface area (Å²) in [6, 6.07) is 10.3. The maximum absolute atomic E-state index is 5.66. The van der Waals surface area contributed by atoms with Gasteiger partial charge in [-0.3, -0.25) is 0 Å². The number of benzene rings is 1. The van der Waals surface area contributed by atoms with Gasteiger partial charge in [-0.2, -0.15) is 0 Å². The number of ether oxygens (including phenoxy) is 2. The van der Waals surface area contributed by atoms with Crippen LogP contribution < -0.4 is 0 Å². The molecule has 1 heterocycles. The molecule has 0 saturated carbocycles. The van der Waals surface area contributed by atoms with Crippen LogP contribution in [0.5, 0.6) is 0 Å². The average molecular weight is 192 g/mol. The van der Waals surface area contributed by atoms with Crippen molar-refractivity contribution in [2.24, 2.45) is 0 Å². The SMILES string of the molecule is CC1OC(Cc2ccccc2)OC1C. The Hall–Kier alpha value is -0.860. The second kappa shape index (κ2) is 4.11. The zero-order valence-corrected chi connectivity index (χ0v) is 8.64. The largest absolute Gasteiger partial charge is 0.347 e. The summed E-state index contributed by atoms with van der Waals surface area (Å²) in [6.07, 6.45) is 1.20. The molecule has 0 spiro atoms. The number of hydrogen-bond acceptors (Lipinski definition) is 2. The standard InChI is InChI=1S/C12H16O2/c1-9-10(2)14-12(13-9)8-11-6-4-3-5-7-11/h3-7,9-10,12H,8H2,1-2H3. The van der Waals surface area contributed by atoms with Gasteiger partial charge in [-0.05, 0) is 19.4 Å². The molecule has 1 saturated heterocycles. The fourth-order valence-corrected chi connectivity index (χ4v) is 1.63. The maximum atomic E-state index is 5.66. The fraction of sp³-hybridized carbons (Fsp3) is 0.500. The molecule has 76 valence electrons. The summed E-state index contributed by atoms with van der Waals surface area (Å²) >= 11 is 0. The van der Waals surface area contributed by atoms with Gasteiger partial charge in [0.2, 0.25) is 0 Å². The van der Waals surface area contributed by atoms with Gasteiger partial charge >= 0.3 is 0 Å². The lowest BCUT2D eigenvalue weighted by Gasteiger charge is -2.09. The monoisotopic (exact) mass is 192 g/mol. The van der Waals surface area contributed by atoms with Crippen molar-refractivity contribution in [1.29, 1.82) is 0 Å². The molecule has 0 aliphatic carbocycles. The van der Waals surface area contributed by atoms with Crippen LogP contribution in [0.15, 0.2) is 30.3 Å². The van der Waals surface area contributed by atoms with E-state index in [1.54, 1.807) is 0 Å². The van der Waals surface area contributed by atoms with Gasteiger partial charge in [-0.15, -0.1) is 0 Å². The van der Waals surface area contributed by atoms with E-state index in [9.17, 15) is 0 Å². The zero-order chi connectivity index (χ0) is 9.97. The quantitative estimate of drug-likeness (QED) is 0.716. The van der Waals surface area contributed by atoms with E-state index in [1.807, 2.05) is 18.2 Å². The van der Waals surface area contributed by atoms with Crippen molar-refractivity contribution in [2.75, 3.05) is 0 Å². The second-order valence-corrected chi connectivity index (χ2v) is 3.80. The van der Waals surface area contributed by atoms with Crippen LogP contribution in [0.1, 0.15) is 19.4 Å². The smallest absolute Gasteiger partial charge is 0.162 e. The molecule has 0 aromatic heterocycles. The van der Waals surface area contributed by atoms with E-state index in [-0.39, 0.29) is 18.5 Å². The van der Waals surface area contributed by atoms with Crippen molar-refractivity contribution in [3.05, 3.63) is 35.9 Å². The van der Waals surface area contributed by atoms with E-state index in [2.05, 4.69) is 26.0 Å². The lowest BCUT2D eigenvalue weighted by atomic mass is 10.1. The van der Waals surface area contributed by atoms with Crippen LogP contribution in [-0.2, 0) is 15.9 Å². The summed E-state index contributed by atoms with van der Waals surface area (Å²) in [4.78, 5) is 0. The fourth-order valence-electron chi connectivity index (χ4n) is 1.63. The third-order valence-electron chi connectivity index (χ3n) is 2.64. The van der Waals surface area contributed by atoms with Gasteiger partial charge in [0, 0.05) is 6.42 Å². The molecule has 1 aliphatic heterocycles. The molecule has 2 heteroatoms. The van der Waals surface area contributed by atoms with Crippen molar-refractivity contribution in [3.63, 3.8) is 0 Å². The molecule has 0 radical (unpaired) electrons. The van der Waals surface area contributed by atoms with Crippen molar-refractivity contribution < 1.29 is 9.47 Å². The van der Waals surface area contributed by atoms with Crippen LogP contribution in [0.2, 0.25) is 0 Å². The van der Waals surface area contributed by atoms with Crippen molar-refractivity contribution in [2.45, 2.75) is 38.8 Å². The Balaban J connectivity index is 1.94. The molecule has 2 nitrogen and oxygen atoms in total. The molecule has 1 aromatic carbocycles. The van der Waals surface area contributed by atoms with Gasteiger partial charge < -0.3 is 9.47 Å². The Kier molecular flexibility index (Phi) is 2.85. The van der Waals surface area contributed by atoms with Crippen LogP contribution >= 0.6 is 0 Å². The van der Waals surface area contributed by atoms with E-state index in [1.165, 1.54) is 5.56 Å². The highest BCUT2D eigenvalue weighted by Crippen LogP contribution is 2.21. The van der Waals surface area contributed by atoms with E-state index < -0.39 is 0 Å². The summed E-state index contributed by atoms with van der Waals surface area (Å²) in [6.45, 7) is 4.10. The lowest BCUT2D eigenvalue weighted by molar-refractivity contribution is -0.0607. The van der Waals surface area contributed by atoms with Crippen LogP contribution in [0.4, 0.5) is 0 Å². The normalized spacial score (nSPS) is 32.0. The summed E-state index contributed by atoms with van der Waals surface area (Å²) in [5, 5.41) is 0. The van der Waals surface area contributed by atoms with Crippen molar-refractivity contribution >= 4 is 0 Å². The minimum atomic E-state index is -0.0672. The second-order valence-electron chi connectivity index (χ2n) is 3.80. The zero-order valence-electron chi connectivity index (χ0n) is 8.64. The number of hydrogen-bond donors (Lipinski definition) is 0. The molecule has 1 aromatic rings. The number of rotatable bonds is 2. The van der Waals surface area contributed by atoms with Gasteiger partial charge in [0.25, 0.3) is 0 Å². The first kappa shape index (κ1) is 9.69. The molecular weight excluding hydrogens is 176 g/mol. The van der Waals surface area contributed by atoms with Crippen LogP contribution in [0.25, 0.3) is 0 Å². The Bertz CT molecular complexity index is 274. The molecule has 1 fully saturated rings. The molecule has 1 aliphatic rings. The highest BCUT2D eigenvalue weighted by molar-refractivity contribution is 5.15. The van der Waals surface area contributed by atoms with Crippen molar-refractivity contribution in [3.8, 4) is 0 Å². The van der Waals surface area contributed by atoms with Crippen molar-refractivity contribution in [1.82, 2.24) is 0 Å². The molecule has 0 bridgehead atoms. The Morgan fingerprint density at radius 2 is 1.57 bits per heavy atom. The van der Waals surface area contributed by atoms with E-state index >= 15 is 0 Å². The minimum absolute atomic E-state index is 0.0672. The van der Waals surface area contributed by atoms with Gasteiger partial charge in [-0.1, -0.05) is 30.3 Å². The summed E-state index contributed by atoms with van der Waals surface area (Å²) in [5.74, 6) is 0. The predicted octanol–water partition coefficient (Wildman–Crippen LogP) is 2.38. The third-order valence-corrected chi connectivity index (χ3v) is 2.64. The summed E-state index contributed by atoms with van der Waals surface area (Å²) in [5.41, 5.74) is 1.26. The Morgan fingerprint density at radius 1 is 1.00 bits per heavy atom. The Morgan fingerprint density at radius 3 is 2.14 bits per heavy atom. The first-order valence-corrected chi connectivity index (χ1v) is 5.10. The van der Waals surface area contributed by atoms with Crippen LogP contribution in [0, 0.1) is 0 Å². The maximum Gasteiger partial charge on any atom is 0.162 e. The predicted molar refractivity (Wildman–Crippen MR) is 55.0 cm³/mol. The van der Waals surface area contributed by atoms with Gasteiger partial charge in [0.15, 0.2) is 6.29 Å². The molecule has 0 N–H and O–H groups in total. The molecule has 14 heavy (non-hydrogen) atoms. The Labute approximate surface area is 84.8 Å². The first-order valence-electron chi connectivity index (χ1n) is 5.10. The average Bonchev–Trinajstić information content (AvgIpc) is 2.47. The third kappa shape index (κ3) is 2.14. The molecule has 0 amide bonds. The highest BCUT2D eigenvalue weighted by atomic mass is 16.7. The summed E-state index contributed by atoms with van der Waals surface area (Å²) in [7, 11) is 0. The van der Waals surface area contributed by atoms with E-state index in [0.29, 0.717) is 0 Å². The molecular formula is C12H16O2. The molecule has 2 unspecified atom stereocenters. The summed E-state index contributed by atoms with van der Waals surface area (Å²) < 4.78 is 11.3. The highest BCUT2D eigenvalue weighted by Gasteiger charge is 2.29. The topological polar surface area (TPSA) is 18.5 Å².